The average Bonchev–Trinajstić information content (AvgIpc) is 3.25. The largest absolute Gasteiger partial charge is 0.416 e. The molecule has 0 spiro atoms. The van der Waals surface area contributed by atoms with Crippen molar-refractivity contribution >= 4 is 35.7 Å². The summed E-state index contributed by atoms with van der Waals surface area (Å²) >= 11 is 0. The van der Waals surface area contributed by atoms with Crippen LogP contribution in [0.2, 0.25) is 0 Å². The molecule has 4 rings (SSSR count). The van der Waals surface area contributed by atoms with Gasteiger partial charge in [0.25, 0.3) is 0 Å². The number of benzene rings is 4. The number of urea groups is 2. The third-order valence-corrected chi connectivity index (χ3v) is 9.90. The van der Waals surface area contributed by atoms with Crippen LogP contribution in [0.1, 0.15) is 96.8 Å². The Kier molecular flexibility index (Phi) is 19.3. The molecule has 4 amide bonds. The van der Waals surface area contributed by atoms with Crippen LogP contribution in [0, 0.1) is 0 Å². The summed E-state index contributed by atoms with van der Waals surface area (Å²) in [5.41, 5.74) is -7.30. The minimum atomic E-state index is -5.18. The van der Waals surface area contributed by atoms with E-state index in [1.54, 1.807) is 60.7 Å². The van der Waals surface area contributed by atoms with E-state index in [1.165, 1.54) is 0 Å². The molecule has 0 saturated carbocycles. The van der Waals surface area contributed by atoms with Crippen molar-refractivity contribution in [3.8, 4) is 0 Å². The van der Waals surface area contributed by atoms with Gasteiger partial charge in [0, 0.05) is 30.9 Å². The fourth-order valence-corrected chi connectivity index (χ4v) is 6.56. The van der Waals surface area contributed by atoms with Crippen LogP contribution in [-0.4, -0.2) is 43.9 Å². The zero-order valence-corrected chi connectivity index (χ0v) is 35.5. The first-order valence-corrected chi connectivity index (χ1v) is 20.8. The van der Waals surface area contributed by atoms with Crippen LogP contribution in [0.15, 0.2) is 102 Å². The molecule has 6 N–H and O–H groups in total. The van der Waals surface area contributed by atoms with Crippen LogP contribution < -0.4 is 31.9 Å². The zero-order chi connectivity index (χ0) is 49.3. The normalized spacial score (nSPS) is 13.3. The van der Waals surface area contributed by atoms with E-state index in [4.69, 9.17) is 0 Å². The van der Waals surface area contributed by atoms with Gasteiger partial charge in [-0.2, -0.15) is 52.7 Å². The number of guanidine groups is 1. The summed E-state index contributed by atoms with van der Waals surface area (Å²) in [7, 11) is 0. The van der Waals surface area contributed by atoms with Gasteiger partial charge in [0.15, 0.2) is 5.96 Å². The number of carbonyl (C=O) groups is 3. The van der Waals surface area contributed by atoms with Crippen molar-refractivity contribution in [1.82, 2.24) is 21.3 Å². The van der Waals surface area contributed by atoms with Gasteiger partial charge < -0.3 is 36.7 Å². The summed E-state index contributed by atoms with van der Waals surface area (Å²) in [5.74, 6) is 0.0838. The van der Waals surface area contributed by atoms with Gasteiger partial charge in [0.2, 0.25) is 0 Å². The van der Waals surface area contributed by atoms with Crippen LogP contribution in [0.25, 0.3) is 0 Å². The standard InChI is InChI=1S/C45H47F12N7O3/c46-42(47,48)31-21-32(43(49,50)51)24-35(23-31)61-40(66)63-37(29-15-9-7-10-16-29)27-59-39(58-19-13-5-3-1-2-4-6-14-20-65)60-28-38(30-17-11-8-12-18-30)64-41(67)62-36-25-33(44(52,53)54)22-34(26-36)45(55,56)57/h7-12,15-18,20-26,37-38H,1-6,13-14,19,27-28H2,(H2,58,59,60)(H2,61,63,66)(H2,62,64,67)/t37-,38-/m1/s1. The van der Waals surface area contributed by atoms with E-state index in [-0.39, 0.29) is 31.2 Å². The maximum atomic E-state index is 13.5. The molecule has 4 aromatic carbocycles. The van der Waals surface area contributed by atoms with Crippen molar-refractivity contribution in [2.75, 3.05) is 30.3 Å². The number of nitrogens with one attached hydrogen (secondary N) is 6. The maximum absolute atomic E-state index is 13.5. The number of amides is 4. The van der Waals surface area contributed by atoms with Crippen LogP contribution >= 0.6 is 0 Å². The number of alkyl halides is 12. The second-order valence-corrected chi connectivity index (χ2v) is 15.1. The van der Waals surface area contributed by atoms with Gasteiger partial charge >= 0.3 is 36.8 Å². The van der Waals surface area contributed by atoms with Crippen LogP contribution in [0.5, 0.6) is 0 Å². The Morgan fingerprint density at radius 1 is 0.507 bits per heavy atom. The molecule has 0 unspecified atom stereocenters. The second-order valence-electron chi connectivity index (χ2n) is 15.1. The predicted molar refractivity (Wildman–Crippen MR) is 227 cm³/mol. The molecule has 0 radical (unpaired) electrons. The van der Waals surface area contributed by atoms with E-state index in [9.17, 15) is 67.1 Å². The molecule has 0 aliphatic carbocycles. The molecule has 0 aliphatic rings. The van der Waals surface area contributed by atoms with Gasteiger partial charge in [0.05, 0.1) is 40.9 Å². The number of halogens is 12. The molecule has 0 saturated heterocycles. The van der Waals surface area contributed by atoms with Crippen LogP contribution in [-0.2, 0) is 29.5 Å². The number of aliphatic imine (C=N–C) groups is 1. The SMILES string of the molecule is O=CCCCCCCCCCNC(=NC[C@@H](NC(=O)Nc1cc(C(F)(F)F)cc(C(F)(F)F)c1)c1ccccc1)NC[C@@H](NC(=O)Nc1cc(C(F)(F)F)cc(C(F)(F)F)c1)c1ccccc1. The summed E-state index contributed by atoms with van der Waals surface area (Å²) in [4.78, 5) is 41.6. The number of anilines is 2. The first kappa shape index (κ1) is 53.1. The van der Waals surface area contributed by atoms with E-state index < -0.39 is 82.5 Å². The van der Waals surface area contributed by atoms with E-state index in [0.717, 1.165) is 44.8 Å². The van der Waals surface area contributed by atoms with Gasteiger partial charge in [-0.3, -0.25) is 4.99 Å². The molecule has 67 heavy (non-hydrogen) atoms. The lowest BCUT2D eigenvalue weighted by Gasteiger charge is -2.23. The second kappa shape index (κ2) is 24.3. The van der Waals surface area contributed by atoms with Crippen molar-refractivity contribution in [2.45, 2.75) is 88.2 Å². The van der Waals surface area contributed by atoms with Crippen molar-refractivity contribution in [3.05, 3.63) is 130 Å². The Morgan fingerprint density at radius 2 is 0.896 bits per heavy atom. The van der Waals surface area contributed by atoms with Crippen molar-refractivity contribution in [1.29, 1.82) is 0 Å². The minimum absolute atomic E-state index is 0.0838. The first-order chi connectivity index (χ1) is 31.5. The third kappa shape index (κ3) is 18.4. The lowest BCUT2D eigenvalue weighted by atomic mass is 10.1. The number of hydrogen-bond acceptors (Lipinski definition) is 4. The van der Waals surface area contributed by atoms with E-state index in [1.807, 2.05) is 10.6 Å². The van der Waals surface area contributed by atoms with E-state index in [0.29, 0.717) is 54.8 Å². The highest BCUT2D eigenvalue weighted by Crippen LogP contribution is 2.39. The van der Waals surface area contributed by atoms with E-state index in [2.05, 4.69) is 26.3 Å². The summed E-state index contributed by atoms with van der Waals surface area (Å²) < 4.78 is 162. The monoisotopic (exact) mass is 961 g/mol. The smallest absolute Gasteiger partial charge is 0.356 e. The quantitative estimate of drug-likeness (QED) is 0.0172. The van der Waals surface area contributed by atoms with Crippen LogP contribution in [0.3, 0.4) is 0 Å². The van der Waals surface area contributed by atoms with Crippen molar-refractivity contribution in [2.24, 2.45) is 4.99 Å². The van der Waals surface area contributed by atoms with Gasteiger partial charge in [-0.1, -0.05) is 92.8 Å². The molecule has 0 bridgehead atoms. The Balaban J connectivity index is 1.58. The molecular weight excluding hydrogens is 915 g/mol. The molecule has 4 aromatic rings. The predicted octanol–water partition coefficient (Wildman–Crippen LogP) is 12.0. The number of unbranched alkanes of at least 4 members (excludes halogenated alkanes) is 7. The average molecular weight is 962 g/mol. The van der Waals surface area contributed by atoms with Crippen molar-refractivity contribution in [3.63, 3.8) is 0 Å². The Hall–Kier alpha value is -6.48. The molecule has 0 aromatic heterocycles. The fourth-order valence-electron chi connectivity index (χ4n) is 6.56. The van der Waals surface area contributed by atoms with Gasteiger partial charge in [0.1, 0.15) is 6.29 Å². The molecule has 0 fully saturated rings. The topological polar surface area (TPSA) is 136 Å². The summed E-state index contributed by atoms with van der Waals surface area (Å²) in [6.07, 6.45) is -13.5. The highest BCUT2D eigenvalue weighted by Gasteiger charge is 2.38. The Labute approximate surface area is 377 Å². The third-order valence-electron chi connectivity index (χ3n) is 9.90. The summed E-state index contributed by atoms with van der Waals surface area (Å²) in [5, 5.41) is 15.3. The maximum Gasteiger partial charge on any atom is 0.416 e. The summed E-state index contributed by atoms with van der Waals surface area (Å²) in [6.45, 7) is -0.147. The van der Waals surface area contributed by atoms with Crippen LogP contribution in [0.4, 0.5) is 73.6 Å². The number of aldehydes is 1. The lowest BCUT2D eigenvalue weighted by Crippen LogP contribution is -2.44. The molecule has 22 heteroatoms. The molecule has 2 atom stereocenters. The molecule has 0 heterocycles. The highest BCUT2D eigenvalue weighted by molar-refractivity contribution is 5.90. The Morgan fingerprint density at radius 3 is 1.31 bits per heavy atom. The van der Waals surface area contributed by atoms with Crippen molar-refractivity contribution < 1.29 is 67.1 Å². The Bertz CT molecular complexity index is 2170. The zero-order valence-electron chi connectivity index (χ0n) is 35.5. The lowest BCUT2D eigenvalue weighted by molar-refractivity contribution is -0.144. The fraction of sp³-hybridized carbons (Fsp3) is 0.378. The van der Waals surface area contributed by atoms with Gasteiger partial charge in [-0.15, -0.1) is 0 Å². The number of rotatable bonds is 20. The molecule has 0 aliphatic heterocycles. The molecular formula is C45H47F12N7O3. The molecule has 364 valence electrons. The minimum Gasteiger partial charge on any atom is -0.356 e. The van der Waals surface area contributed by atoms with Gasteiger partial charge in [-0.25, -0.2) is 9.59 Å². The summed E-state index contributed by atoms with van der Waals surface area (Å²) in [6, 6.07) is 13.0. The number of nitrogens with zero attached hydrogens (tertiary/aromatic N) is 1. The van der Waals surface area contributed by atoms with Gasteiger partial charge in [-0.05, 0) is 60.4 Å². The first-order valence-electron chi connectivity index (χ1n) is 20.8. The number of hydrogen-bond donors (Lipinski definition) is 6. The number of carbonyl (C=O) groups excluding carboxylic acids is 3. The van der Waals surface area contributed by atoms with E-state index >= 15 is 0 Å². The molecule has 10 nitrogen and oxygen atoms in total. The highest BCUT2D eigenvalue weighted by atomic mass is 19.4.